The van der Waals surface area contributed by atoms with Crippen molar-refractivity contribution in [1.82, 2.24) is 4.90 Å². The number of hydrogen-bond acceptors (Lipinski definition) is 4. The highest BCUT2D eigenvalue weighted by Crippen LogP contribution is 2.46. The van der Waals surface area contributed by atoms with Crippen LogP contribution in [0.2, 0.25) is 5.02 Å². The summed E-state index contributed by atoms with van der Waals surface area (Å²) < 4.78 is 0. The number of likely N-dealkylation sites (tertiary alicyclic amines) is 1. The normalized spacial score (nSPS) is 23.4. The third-order valence-corrected chi connectivity index (χ3v) is 8.20. The van der Waals surface area contributed by atoms with Gasteiger partial charge in [0.25, 0.3) is 5.91 Å². The molecule has 1 fully saturated rings. The van der Waals surface area contributed by atoms with Crippen LogP contribution in [-0.4, -0.2) is 47.4 Å². The van der Waals surface area contributed by atoms with Crippen LogP contribution in [0.3, 0.4) is 0 Å². The molecule has 2 amide bonds. The molecular weight excluding hydrogens is 400 g/mol. The maximum absolute atomic E-state index is 13.1. The Morgan fingerprint density at radius 3 is 2.41 bits per heavy atom. The molecule has 0 radical (unpaired) electrons. The van der Waals surface area contributed by atoms with E-state index in [4.69, 9.17) is 11.6 Å². The summed E-state index contributed by atoms with van der Waals surface area (Å²) in [5.41, 5.74) is 0.814. The van der Waals surface area contributed by atoms with Crippen molar-refractivity contribution in [2.24, 2.45) is 0 Å². The van der Waals surface area contributed by atoms with Crippen LogP contribution in [0, 0.1) is 0 Å². The van der Waals surface area contributed by atoms with Crippen LogP contribution in [0.5, 0.6) is 0 Å². The molecule has 7 heteroatoms. The van der Waals surface area contributed by atoms with Gasteiger partial charge in [0.1, 0.15) is 0 Å². The van der Waals surface area contributed by atoms with Crippen LogP contribution in [-0.2, 0) is 9.59 Å². The summed E-state index contributed by atoms with van der Waals surface area (Å²) in [6.07, 6.45) is 4.92. The first-order valence-electron chi connectivity index (χ1n) is 9.52. The number of nitrogens with zero attached hydrogens (tertiary/aromatic N) is 2. The summed E-state index contributed by atoms with van der Waals surface area (Å²) in [7, 11) is 0. The van der Waals surface area contributed by atoms with Crippen molar-refractivity contribution in [1.29, 1.82) is 0 Å². The molecule has 27 heavy (non-hydrogen) atoms. The monoisotopic (exact) mass is 422 g/mol. The Morgan fingerprint density at radius 2 is 1.70 bits per heavy atom. The molecule has 0 bridgehead atoms. The molecule has 1 saturated heterocycles. The Bertz CT molecular complexity index is 758. The Labute approximate surface area is 173 Å². The number of hydrogen-bond donors (Lipinski definition) is 0. The molecule has 0 aliphatic carbocycles. The second-order valence-corrected chi connectivity index (χ2v) is 9.74. The predicted molar refractivity (Wildman–Crippen MR) is 114 cm³/mol. The smallest absolute Gasteiger partial charge is 0.266 e. The molecule has 0 N–H and O–H groups in total. The maximum atomic E-state index is 13.1. The van der Waals surface area contributed by atoms with Gasteiger partial charge in [0, 0.05) is 40.2 Å². The lowest BCUT2D eigenvalue weighted by Gasteiger charge is -2.29. The van der Waals surface area contributed by atoms with E-state index in [2.05, 4.69) is 0 Å². The molecule has 1 unspecified atom stereocenters. The van der Waals surface area contributed by atoms with Gasteiger partial charge >= 0.3 is 0 Å². The summed E-state index contributed by atoms with van der Waals surface area (Å²) in [6, 6.07) is 7.15. The van der Waals surface area contributed by atoms with Crippen LogP contribution >= 0.6 is 35.1 Å². The molecule has 1 atom stereocenters. The Hall–Kier alpha value is -1.11. The first kappa shape index (κ1) is 19.2. The van der Waals surface area contributed by atoms with Crippen molar-refractivity contribution in [2.75, 3.05) is 29.5 Å². The van der Waals surface area contributed by atoms with Crippen molar-refractivity contribution >= 4 is 52.6 Å². The molecule has 4 rings (SSSR count). The van der Waals surface area contributed by atoms with E-state index < -0.39 is 0 Å². The SMILES string of the molecule is O=C(CC1C2=C(SCCS2)C(=O)N1c1ccc(Cl)cc1)N1CCCCCC1. The number of rotatable bonds is 3. The third-order valence-electron chi connectivity index (χ3n) is 5.27. The van der Waals surface area contributed by atoms with E-state index in [0.29, 0.717) is 11.4 Å². The second-order valence-electron chi connectivity index (χ2n) is 7.06. The lowest BCUT2D eigenvalue weighted by Crippen LogP contribution is -2.41. The maximum Gasteiger partial charge on any atom is 0.266 e. The van der Waals surface area contributed by atoms with Crippen LogP contribution in [0.15, 0.2) is 34.1 Å². The topological polar surface area (TPSA) is 40.6 Å². The molecule has 1 aromatic rings. The zero-order valence-corrected chi connectivity index (χ0v) is 17.5. The largest absolute Gasteiger partial charge is 0.343 e. The quantitative estimate of drug-likeness (QED) is 0.717. The van der Waals surface area contributed by atoms with Crippen LogP contribution < -0.4 is 4.90 Å². The fourth-order valence-electron chi connectivity index (χ4n) is 3.91. The van der Waals surface area contributed by atoms with Gasteiger partial charge in [-0.3, -0.25) is 14.5 Å². The van der Waals surface area contributed by atoms with E-state index in [1.807, 2.05) is 21.9 Å². The van der Waals surface area contributed by atoms with Gasteiger partial charge in [-0.25, -0.2) is 0 Å². The molecule has 1 aromatic carbocycles. The number of carbonyl (C=O) groups is 2. The van der Waals surface area contributed by atoms with Crippen molar-refractivity contribution in [3.05, 3.63) is 39.1 Å². The van der Waals surface area contributed by atoms with Gasteiger partial charge in [-0.15, -0.1) is 23.5 Å². The van der Waals surface area contributed by atoms with Crippen molar-refractivity contribution in [3.8, 4) is 0 Å². The first-order valence-corrected chi connectivity index (χ1v) is 11.9. The van der Waals surface area contributed by atoms with Gasteiger partial charge in [-0.2, -0.15) is 0 Å². The molecular formula is C20H23ClN2O2S2. The molecule has 144 valence electrons. The van der Waals surface area contributed by atoms with Crippen LogP contribution in [0.4, 0.5) is 5.69 Å². The van der Waals surface area contributed by atoms with E-state index in [-0.39, 0.29) is 17.9 Å². The molecule has 3 aliphatic heterocycles. The molecule has 0 aromatic heterocycles. The van der Waals surface area contributed by atoms with E-state index in [1.165, 1.54) is 12.8 Å². The summed E-state index contributed by atoms with van der Waals surface area (Å²) in [6.45, 7) is 1.68. The Morgan fingerprint density at radius 1 is 1.04 bits per heavy atom. The number of amides is 2. The van der Waals surface area contributed by atoms with Crippen LogP contribution in [0.1, 0.15) is 32.1 Å². The highest BCUT2D eigenvalue weighted by Gasteiger charge is 2.43. The Balaban J connectivity index is 1.61. The number of benzene rings is 1. The summed E-state index contributed by atoms with van der Waals surface area (Å²) in [4.78, 5) is 31.9. The highest BCUT2D eigenvalue weighted by molar-refractivity contribution is 8.10. The van der Waals surface area contributed by atoms with Gasteiger partial charge in [-0.1, -0.05) is 24.4 Å². The highest BCUT2D eigenvalue weighted by atomic mass is 35.5. The fraction of sp³-hybridized carbons (Fsp3) is 0.500. The second kappa shape index (κ2) is 8.50. The minimum atomic E-state index is -0.192. The number of anilines is 1. The lowest BCUT2D eigenvalue weighted by molar-refractivity contribution is -0.131. The van der Waals surface area contributed by atoms with Crippen LogP contribution in [0.25, 0.3) is 0 Å². The van der Waals surface area contributed by atoms with Gasteiger partial charge in [0.05, 0.1) is 17.4 Å². The summed E-state index contributed by atoms with van der Waals surface area (Å²) >= 11 is 9.40. The van der Waals surface area contributed by atoms with Crippen molar-refractivity contribution in [3.63, 3.8) is 0 Å². The van der Waals surface area contributed by atoms with Gasteiger partial charge < -0.3 is 4.90 Å². The molecule has 0 saturated carbocycles. The number of halogens is 1. The lowest BCUT2D eigenvalue weighted by atomic mass is 10.1. The van der Waals surface area contributed by atoms with Gasteiger partial charge in [0.2, 0.25) is 5.91 Å². The number of carbonyl (C=O) groups excluding carboxylic acids is 2. The molecule has 0 spiro atoms. The predicted octanol–water partition coefficient (Wildman–Crippen LogP) is 4.54. The van der Waals surface area contributed by atoms with Crippen molar-refractivity contribution in [2.45, 2.75) is 38.1 Å². The van der Waals surface area contributed by atoms with E-state index in [1.54, 1.807) is 35.7 Å². The average Bonchev–Trinajstić information content (AvgIpc) is 2.86. The zero-order valence-electron chi connectivity index (χ0n) is 15.2. The molecule has 3 aliphatic rings. The zero-order chi connectivity index (χ0) is 18.8. The van der Waals surface area contributed by atoms with Gasteiger partial charge in [0.15, 0.2) is 0 Å². The third kappa shape index (κ3) is 4.03. The number of thioether (sulfide) groups is 2. The summed E-state index contributed by atoms with van der Waals surface area (Å²) in [5.74, 6) is 2.12. The first-order chi connectivity index (χ1) is 13.1. The van der Waals surface area contributed by atoms with Crippen molar-refractivity contribution < 1.29 is 9.59 Å². The van der Waals surface area contributed by atoms with E-state index in [9.17, 15) is 9.59 Å². The fourth-order valence-corrected chi connectivity index (χ4v) is 6.58. The van der Waals surface area contributed by atoms with Gasteiger partial charge in [-0.05, 0) is 37.1 Å². The minimum absolute atomic E-state index is 0.0261. The average molecular weight is 423 g/mol. The summed E-state index contributed by atoms with van der Waals surface area (Å²) in [5, 5.41) is 0.643. The minimum Gasteiger partial charge on any atom is -0.343 e. The van der Waals surface area contributed by atoms with E-state index in [0.717, 1.165) is 52.9 Å². The Kier molecular flexibility index (Phi) is 6.05. The van der Waals surface area contributed by atoms with E-state index >= 15 is 0 Å². The molecule has 4 nitrogen and oxygen atoms in total. The molecule has 3 heterocycles. The standard InChI is InChI=1S/C20H23ClN2O2S2/c21-14-5-7-15(8-6-14)23-16(18-19(20(23)25)27-12-11-26-18)13-17(24)22-9-3-1-2-4-10-22/h5-8,16H,1-4,9-13H2.